The molecule has 3 nitrogen and oxygen atoms in total. The Bertz CT molecular complexity index is 347. The standard InChI is InChI=1S/C14H26BrN3/c1-5-8-18-14(13(15)10-17-18)12(4)6-7-16-9-11(2)3/h10-12,16H,5-9H2,1-4H3. The van der Waals surface area contributed by atoms with E-state index in [0.29, 0.717) is 5.92 Å². The predicted octanol–water partition coefficient (Wildman–Crippen LogP) is 3.79. The van der Waals surface area contributed by atoms with Gasteiger partial charge in [0, 0.05) is 12.5 Å². The Morgan fingerprint density at radius 2 is 2.11 bits per heavy atom. The molecule has 0 bridgehead atoms. The zero-order valence-electron chi connectivity index (χ0n) is 12.0. The summed E-state index contributed by atoms with van der Waals surface area (Å²) in [5.74, 6) is 1.26. The van der Waals surface area contributed by atoms with E-state index in [9.17, 15) is 0 Å². The molecule has 0 amide bonds. The molecular formula is C14H26BrN3. The lowest BCUT2D eigenvalue weighted by atomic mass is 10.0. The van der Waals surface area contributed by atoms with Gasteiger partial charge in [-0.15, -0.1) is 0 Å². The molecule has 0 aromatic carbocycles. The average molecular weight is 316 g/mol. The monoisotopic (exact) mass is 315 g/mol. The third-order valence-electron chi connectivity index (χ3n) is 3.04. The number of rotatable bonds is 8. The summed E-state index contributed by atoms with van der Waals surface area (Å²) >= 11 is 3.62. The van der Waals surface area contributed by atoms with Gasteiger partial charge in [0.1, 0.15) is 0 Å². The highest BCUT2D eigenvalue weighted by Crippen LogP contribution is 2.26. The van der Waals surface area contributed by atoms with E-state index in [0.717, 1.165) is 42.9 Å². The number of hydrogen-bond donors (Lipinski definition) is 1. The molecule has 0 saturated carbocycles. The van der Waals surface area contributed by atoms with Crippen molar-refractivity contribution in [2.45, 2.75) is 53.0 Å². The van der Waals surface area contributed by atoms with Crippen LogP contribution in [0.25, 0.3) is 0 Å². The molecule has 1 aromatic heterocycles. The van der Waals surface area contributed by atoms with Gasteiger partial charge in [0.15, 0.2) is 0 Å². The van der Waals surface area contributed by atoms with E-state index in [1.807, 2.05) is 6.20 Å². The minimum absolute atomic E-state index is 0.535. The van der Waals surface area contributed by atoms with Gasteiger partial charge in [-0.1, -0.05) is 27.7 Å². The first-order valence-electron chi connectivity index (χ1n) is 6.98. The lowest BCUT2D eigenvalue weighted by Crippen LogP contribution is -2.22. The number of hydrogen-bond acceptors (Lipinski definition) is 2. The van der Waals surface area contributed by atoms with Gasteiger partial charge >= 0.3 is 0 Å². The minimum Gasteiger partial charge on any atom is -0.316 e. The summed E-state index contributed by atoms with van der Waals surface area (Å²) < 4.78 is 3.28. The molecule has 1 heterocycles. The number of aryl methyl sites for hydroxylation is 1. The molecule has 0 radical (unpaired) electrons. The van der Waals surface area contributed by atoms with E-state index in [-0.39, 0.29) is 0 Å². The van der Waals surface area contributed by atoms with E-state index < -0.39 is 0 Å². The SMILES string of the molecule is CCCn1ncc(Br)c1C(C)CCNCC(C)C. The Morgan fingerprint density at radius 3 is 2.72 bits per heavy atom. The lowest BCUT2D eigenvalue weighted by molar-refractivity contribution is 0.496. The fourth-order valence-corrected chi connectivity index (χ4v) is 2.78. The van der Waals surface area contributed by atoms with Gasteiger partial charge in [-0.05, 0) is 47.8 Å². The van der Waals surface area contributed by atoms with Crippen LogP contribution in [0.15, 0.2) is 10.7 Å². The zero-order chi connectivity index (χ0) is 13.5. The third kappa shape index (κ3) is 4.73. The predicted molar refractivity (Wildman–Crippen MR) is 81.0 cm³/mol. The van der Waals surface area contributed by atoms with Crippen LogP contribution >= 0.6 is 15.9 Å². The van der Waals surface area contributed by atoms with Gasteiger partial charge in [0.2, 0.25) is 0 Å². The normalized spacial score (nSPS) is 13.2. The van der Waals surface area contributed by atoms with E-state index in [4.69, 9.17) is 0 Å². The second kappa shape index (κ2) is 7.95. The second-order valence-corrected chi connectivity index (χ2v) is 6.24. The van der Waals surface area contributed by atoms with Gasteiger partial charge in [0.25, 0.3) is 0 Å². The molecule has 18 heavy (non-hydrogen) atoms. The molecule has 0 aliphatic heterocycles. The molecular weight excluding hydrogens is 290 g/mol. The minimum atomic E-state index is 0.535. The third-order valence-corrected chi connectivity index (χ3v) is 3.65. The maximum atomic E-state index is 4.43. The fourth-order valence-electron chi connectivity index (χ4n) is 2.10. The molecule has 0 spiro atoms. The Hall–Kier alpha value is -0.350. The van der Waals surface area contributed by atoms with Crippen LogP contribution in [0.2, 0.25) is 0 Å². The maximum absolute atomic E-state index is 4.43. The smallest absolute Gasteiger partial charge is 0.0635 e. The van der Waals surface area contributed by atoms with E-state index in [1.165, 1.54) is 5.69 Å². The summed E-state index contributed by atoms with van der Waals surface area (Å²) in [4.78, 5) is 0. The largest absolute Gasteiger partial charge is 0.316 e. The van der Waals surface area contributed by atoms with Gasteiger partial charge in [0.05, 0.1) is 16.4 Å². The molecule has 0 aliphatic rings. The summed E-state index contributed by atoms with van der Waals surface area (Å²) in [5.41, 5.74) is 1.34. The van der Waals surface area contributed by atoms with E-state index in [2.05, 4.69) is 58.7 Å². The maximum Gasteiger partial charge on any atom is 0.0635 e. The van der Waals surface area contributed by atoms with Gasteiger partial charge < -0.3 is 5.32 Å². The highest BCUT2D eigenvalue weighted by Gasteiger charge is 2.15. The van der Waals surface area contributed by atoms with Crippen molar-refractivity contribution in [1.82, 2.24) is 15.1 Å². The molecule has 104 valence electrons. The average Bonchev–Trinajstić information content (AvgIpc) is 2.66. The number of aromatic nitrogens is 2. The fraction of sp³-hybridized carbons (Fsp3) is 0.786. The van der Waals surface area contributed by atoms with Crippen molar-refractivity contribution in [1.29, 1.82) is 0 Å². The summed E-state index contributed by atoms with van der Waals surface area (Å²) in [7, 11) is 0. The molecule has 0 fully saturated rings. The van der Waals surface area contributed by atoms with E-state index in [1.54, 1.807) is 0 Å². The van der Waals surface area contributed by atoms with Crippen molar-refractivity contribution in [3.63, 3.8) is 0 Å². The first kappa shape index (κ1) is 15.7. The molecule has 1 N–H and O–H groups in total. The highest BCUT2D eigenvalue weighted by atomic mass is 79.9. The van der Waals surface area contributed by atoms with Crippen LogP contribution in [0, 0.1) is 5.92 Å². The van der Waals surface area contributed by atoms with Gasteiger partial charge in [-0.3, -0.25) is 4.68 Å². The first-order valence-corrected chi connectivity index (χ1v) is 7.77. The van der Waals surface area contributed by atoms with Crippen LogP contribution in [0.5, 0.6) is 0 Å². The van der Waals surface area contributed by atoms with E-state index >= 15 is 0 Å². The molecule has 1 unspecified atom stereocenters. The van der Waals surface area contributed by atoms with Crippen LogP contribution in [0.1, 0.15) is 52.1 Å². The zero-order valence-corrected chi connectivity index (χ0v) is 13.6. The van der Waals surface area contributed by atoms with Crippen LogP contribution < -0.4 is 5.32 Å². The van der Waals surface area contributed by atoms with Crippen molar-refractivity contribution in [3.8, 4) is 0 Å². The molecule has 0 aliphatic carbocycles. The summed E-state index contributed by atoms with van der Waals surface area (Å²) in [6, 6.07) is 0. The van der Waals surface area contributed by atoms with Crippen molar-refractivity contribution < 1.29 is 0 Å². The topological polar surface area (TPSA) is 29.9 Å². The van der Waals surface area contributed by atoms with Crippen molar-refractivity contribution >= 4 is 15.9 Å². The Kier molecular flexibility index (Phi) is 6.94. The lowest BCUT2D eigenvalue weighted by Gasteiger charge is -2.15. The Balaban J connectivity index is 2.49. The molecule has 1 aromatic rings. The number of halogens is 1. The molecule has 1 atom stereocenters. The highest BCUT2D eigenvalue weighted by molar-refractivity contribution is 9.10. The van der Waals surface area contributed by atoms with Gasteiger partial charge in [-0.2, -0.15) is 5.10 Å². The first-order chi connectivity index (χ1) is 8.56. The molecule has 1 rings (SSSR count). The van der Waals surface area contributed by atoms with Crippen LogP contribution in [0.3, 0.4) is 0 Å². The van der Waals surface area contributed by atoms with Gasteiger partial charge in [-0.25, -0.2) is 0 Å². The number of nitrogens with zero attached hydrogens (tertiary/aromatic N) is 2. The second-order valence-electron chi connectivity index (χ2n) is 5.39. The summed E-state index contributed by atoms with van der Waals surface area (Å²) in [5, 5.41) is 7.94. The molecule has 4 heteroatoms. The van der Waals surface area contributed by atoms with Crippen LogP contribution in [-0.2, 0) is 6.54 Å². The van der Waals surface area contributed by atoms with Crippen molar-refractivity contribution in [2.24, 2.45) is 5.92 Å². The van der Waals surface area contributed by atoms with Crippen molar-refractivity contribution in [2.75, 3.05) is 13.1 Å². The van der Waals surface area contributed by atoms with Crippen LogP contribution in [0.4, 0.5) is 0 Å². The Morgan fingerprint density at radius 1 is 1.39 bits per heavy atom. The quantitative estimate of drug-likeness (QED) is 0.740. The van der Waals surface area contributed by atoms with Crippen molar-refractivity contribution in [3.05, 3.63) is 16.4 Å². The summed E-state index contributed by atoms with van der Waals surface area (Å²) in [6.07, 6.45) is 4.20. The summed E-state index contributed by atoms with van der Waals surface area (Å²) in [6.45, 7) is 12.1. The van der Waals surface area contributed by atoms with Crippen LogP contribution in [-0.4, -0.2) is 22.9 Å². The Labute approximate surface area is 119 Å². The number of nitrogens with one attached hydrogen (secondary N) is 1. The molecule has 0 saturated heterocycles.